The molecule has 3 fully saturated rings. The van der Waals surface area contributed by atoms with Crippen LogP contribution >= 0.6 is 0 Å². The van der Waals surface area contributed by atoms with Gasteiger partial charge >= 0.3 is 5.97 Å². The van der Waals surface area contributed by atoms with Crippen LogP contribution in [0.15, 0.2) is 42.0 Å². The van der Waals surface area contributed by atoms with Gasteiger partial charge in [-0.25, -0.2) is 4.79 Å². The maximum atomic E-state index is 12.7. The summed E-state index contributed by atoms with van der Waals surface area (Å²) in [5.41, 5.74) is 3.10. The van der Waals surface area contributed by atoms with Gasteiger partial charge in [0.05, 0.1) is 5.56 Å². The molecule has 1 aromatic carbocycles. The van der Waals surface area contributed by atoms with Gasteiger partial charge in [-0.1, -0.05) is 84.2 Å². The zero-order valence-corrected chi connectivity index (χ0v) is 25.2. The quantitative estimate of drug-likeness (QED) is 0.253. The fraction of sp³-hybridized carbons (Fsp3) is 0.750. The molecule has 210 valence electrons. The molecule has 0 radical (unpaired) electrons. The molecule has 4 aliphatic rings. The molecule has 0 N–H and O–H groups in total. The van der Waals surface area contributed by atoms with E-state index in [4.69, 9.17) is 4.74 Å². The molecule has 5 rings (SSSR count). The van der Waals surface area contributed by atoms with E-state index in [1.165, 1.54) is 57.8 Å². The van der Waals surface area contributed by atoms with Crippen LogP contribution in [0.5, 0.6) is 0 Å². The van der Waals surface area contributed by atoms with Crippen LogP contribution in [0.25, 0.3) is 0 Å². The Kier molecular flexibility index (Phi) is 8.19. The molecule has 9 atom stereocenters. The highest BCUT2D eigenvalue weighted by Crippen LogP contribution is 2.67. The summed E-state index contributed by atoms with van der Waals surface area (Å²) in [4.78, 5) is 12.7. The molecule has 0 aromatic heterocycles. The van der Waals surface area contributed by atoms with E-state index in [1.807, 2.05) is 30.3 Å². The van der Waals surface area contributed by atoms with Crippen LogP contribution in [0.3, 0.4) is 0 Å². The van der Waals surface area contributed by atoms with E-state index in [0.717, 1.165) is 54.3 Å². The van der Waals surface area contributed by atoms with Crippen molar-refractivity contribution >= 4 is 5.97 Å². The summed E-state index contributed by atoms with van der Waals surface area (Å²) in [6.07, 6.45) is 16.9. The summed E-state index contributed by atoms with van der Waals surface area (Å²) in [6.45, 7) is 15.1. The van der Waals surface area contributed by atoms with Gasteiger partial charge in [-0.2, -0.15) is 0 Å². The first-order valence-electron chi connectivity index (χ1n) is 16.1. The molecule has 3 saturated carbocycles. The largest absolute Gasteiger partial charge is 0.458 e. The average Bonchev–Trinajstić information content (AvgIpc) is 3.26. The molecular weight excluding hydrogens is 464 g/mol. The number of esters is 1. The van der Waals surface area contributed by atoms with E-state index in [-0.39, 0.29) is 12.1 Å². The van der Waals surface area contributed by atoms with Gasteiger partial charge in [-0.15, -0.1) is 0 Å². The van der Waals surface area contributed by atoms with Gasteiger partial charge in [-0.05, 0) is 116 Å². The Morgan fingerprint density at radius 2 is 1.74 bits per heavy atom. The van der Waals surface area contributed by atoms with Crippen molar-refractivity contribution in [2.24, 2.45) is 52.3 Å². The molecule has 0 aliphatic heterocycles. The highest BCUT2D eigenvalue weighted by Gasteiger charge is 2.59. The molecule has 3 unspecified atom stereocenters. The number of rotatable bonds is 8. The van der Waals surface area contributed by atoms with Crippen molar-refractivity contribution in [2.75, 3.05) is 0 Å². The fourth-order valence-electron chi connectivity index (χ4n) is 10.2. The molecule has 1 aromatic rings. The van der Waals surface area contributed by atoms with Gasteiger partial charge in [0.2, 0.25) is 0 Å². The van der Waals surface area contributed by atoms with E-state index in [0.29, 0.717) is 16.4 Å². The Hall–Kier alpha value is -1.57. The highest BCUT2D eigenvalue weighted by molar-refractivity contribution is 5.89. The lowest BCUT2D eigenvalue weighted by molar-refractivity contribution is -0.0596. The van der Waals surface area contributed by atoms with E-state index in [2.05, 4.69) is 47.6 Å². The number of carbonyl (C=O) groups is 1. The van der Waals surface area contributed by atoms with Gasteiger partial charge in [0.15, 0.2) is 0 Å². The smallest absolute Gasteiger partial charge is 0.338 e. The lowest BCUT2D eigenvalue weighted by atomic mass is 9.47. The topological polar surface area (TPSA) is 26.3 Å². The van der Waals surface area contributed by atoms with Crippen molar-refractivity contribution < 1.29 is 9.53 Å². The van der Waals surface area contributed by atoms with E-state index in [1.54, 1.807) is 5.57 Å². The summed E-state index contributed by atoms with van der Waals surface area (Å²) in [6, 6.07) is 9.50. The standard InChI is InChI=1S/C36H54O2/c1-7-26(24(2)3)14-13-25(4)31-17-18-32-30-16-15-28-23-29(38-34(37)27-11-9-8-10-12-27)19-21-35(28,5)33(30)20-22-36(31,32)6/h8-12,15,24-26,29-33H,7,13-14,16-23H2,1-6H3/t25-,26-,29+,30?,31-,32?,33?,35+,36-/m1/s1. The van der Waals surface area contributed by atoms with Crippen LogP contribution in [-0.4, -0.2) is 12.1 Å². The molecule has 2 nitrogen and oxygen atoms in total. The third-order valence-electron chi connectivity index (χ3n) is 12.6. The van der Waals surface area contributed by atoms with Gasteiger partial charge in [-0.3, -0.25) is 0 Å². The molecule has 38 heavy (non-hydrogen) atoms. The predicted octanol–water partition coefficient (Wildman–Crippen LogP) is 9.89. The summed E-state index contributed by atoms with van der Waals surface area (Å²) in [5, 5.41) is 0. The van der Waals surface area contributed by atoms with Gasteiger partial charge < -0.3 is 4.74 Å². The number of carbonyl (C=O) groups excluding carboxylic acids is 1. The fourth-order valence-corrected chi connectivity index (χ4v) is 10.2. The Morgan fingerprint density at radius 1 is 0.974 bits per heavy atom. The number of ether oxygens (including phenoxy) is 1. The molecular formula is C36H54O2. The van der Waals surface area contributed by atoms with Crippen LogP contribution in [0.2, 0.25) is 0 Å². The van der Waals surface area contributed by atoms with Crippen molar-refractivity contribution in [1.29, 1.82) is 0 Å². The van der Waals surface area contributed by atoms with E-state index < -0.39 is 0 Å². The van der Waals surface area contributed by atoms with Crippen molar-refractivity contribution in [1.82, 2.24) is 0 Å². The van der Waals surface area contributed by atoms with Crippen LogP contribution in [-0.2, 0) is 4.74 Å². The molecule has 0 spiro atoms. The predicted molar refractivity (Wildman–Crippen MR) is 158 cm³/mol. The number of benzene rings is 1. The second-order valence-corrected chi connectivity index (χ2v) is 14.6. The first-order chi connectivity index (χ1) is 18.2. The minimum absolute atomic E-state index is 0.0296. The van der Waals surface area contributed by atoms with E-state index in [9.17, 15) is 4.79 Å². The first kappa shape index (κ1) is 28.0. The third kappa shape index (κ3) is 5.03. The molecule has 0 saturated heterocycles. The first-order valence-corrected chi connectivity index (χ1v) is 16.1. The second-order valence-electron chi connectivity index (χ2n) is 14.6. The van der Waals surface area contributed by atoms with Crippen molar-refractivity contribution in [3.63, 3.8) is 0 Å². The van der Waals surface area contributed by atoms with Crippen molar-refractivity contribution in [3.05, 3.63) is 47.5 Å². The van der Waals surface area contributed by atoms with Crippen LogP contribution in [0.1, 0.15) is 123 Å². The van der Waals surface area contributed by atoms with Crippen LogP contribution in [0.4, 0.5) is 0 Å². The number of fused-ring (bicyclic) bond motifs is 5. The van der Waals surface area contributed by atoms with Gasteiger partial charge in [0.25, 0.3) is 0 Å². The molecule has 4 aliphatic carbocycles. The maximum Gasteiger partial charge on any atom is 0.338 e. The van der Waals surface area contributed by atoms with Crippen molar-refractivity contribution in [2.45, 2.75) is 118 Å². The molecule has 0 bridgehead atoms. The molecule has 0 heterocycles. The van der Waals surface area contributed by atoms with E-state index >= 15 is 0 Å². The maximum absolute atomic E-state index is 12.7. The molecule has 0 amide bonds. The van der Waals surface area contributed by atoms with Crippen LogP contribution < -0.4 is 0 Å². The summed E-state index contributed by atoms with van der Waals surface area (Å²) < 4.78 is 6.02. The summed E-state index contributed by atoms with van der Waals surface area (Å²) in [7, 11) is 0. The Bertz CT molecular complexity index is 994. The SMILES string of the molecule is CC[C@H](CC[C@@H](C)[C@H]1CCC2C3CC=C4C[C@@H](OC(=O)c5ccccc5)CC[C@]4(C)C3CC[C@@]21C)C(C)C. The lowest BCUT2D eigenvalue weighted by Gasteiger charge is -2.58. The second kappa shape index (κ2) is 11.1. The average molecular weight is 519 g/mol. The lowest BCUT2D eigenvalue weighted by Crippen LogP contribution is -2.51. The van der Waals surface area contributed by atoms with Gasteiger partial charge in [0, 0.05) is 6.42 Å². The van der Waals surface area contributed by atoms with Gasteiger partial charge in [0.1, 0.15) is 6.10 Å². The minimum atomic E-state index is -0.160. The third-order valence-corrected chi connectivity index (χ3v) is 12.6. The number of hydrogen-bond acceptors (Lipinski definition) is 2. The Balaban J connectivity index is 1.25. The summed E-state index contributed by atoms with van der Waals surface area (Å²) >= 11 is 0. The number of hydrogen-bond donors (Lipinski definition) is 0. The monoisotopic (exact) mass is 518 g/mol. The zero-order valence-electron chi connectivity index (χ0n) is 25.2. The normalized spacial score (nSPS) is 38.0. The van der Waals surface area contributed by atoms with Crippen molar-refractivity contribution in [3.8, 4) is 0 Å². The Morgan fingerprint density at radius 3 is 2.45 bits per heavy atom. The Labute approximate surface area is 233 Å². The minimum Gasteiger partial charge on any atom is -0.458 e. The van der Waals surface area contributed by atoms with Crippen LogP contribution in [0, 0.1) is 52.3 Å². The molecule has 2 heteroatoms. The number of allylic oxidation sites excluding steroid dienone is 1. The highest BCUT2D eigenvalue weighted by atomic mass is 16.5. The zero-order chi connectivity index (χ0) is 27.1. The summed E-state index contributed by atoms with van der Waals surface area (Å²) in [5.74, 6) is 5.86.